The zero-order valence-corrected chi connectivity index (χ0v) is 11.9. The molecule has 6 nitrogen and oxygen atoms in total. The van der Waals surface area contributed by atoms with Crippen molar-refractivity contribution in [2.75, 3.05) is 38.3 Å². The predicted octanol–water partition coefficient (Wildman–Crippen LogP) is 0.924. The van der Waals surface area contributed by atoms with Gasteiger partial charge in [-0.25, -0.2) is 4.98 Å². The number of hydrogen-bond acceptors (Lipinski definition) is 5. The summed E-state index contributed by atoms with van der Waals surface area (Å²) in [7, 11) is 1.49. The molecular formula is C14H18FN3O3. The fourth-order valence-electron chi connectivity index (χ4n) is 2.79. The Balaban J connectivity index is 1.72. The molecule has 2 aliphatic rings. The van der Waals surface area contributed by atoms with E-state index in [1.807, 2.05) is 4.90 Å². The topological polar surface area (TPSA) is 63.7 Å². The van der Waals surface area contributed by atoms with Crippen LogP contribution in [0.3, 0.4) is 0 Å². The zero-order chi connectivity index (χ0) is 14.9. The van der Waals surface area contributed by atoms with E-state index in [0.29, 0.717) is 44.8 Å². The Hall–Kier alpha value is -1.73. The molecule has 2 fully saturated rings. The van der Waals surface area contributed by atoms with Crippen molar-refractivity contribution < 1.29 is 18.7 Å². The van der Waals surface area contributed by atoms with E-state index in [-0.39, 0.29) is 5.69 Å². The van der Waals surface area contributed by atoms with Gasteiger partial charge in [-0.05, 0) is 12.1 Å². The third-order valence-electron chi connectivity index (χ3n) is 3.97. The van der Waals surface area contributed by atoms with Crippen LogP contribution in [0.1, 0.15) is 23.3 Å². The predicted molar refractivity (Wildman–Crippen MR) is 73.7 cm³/mol. The van der Waals surface area contributed by atoms with E-state index in [1.54, 1.807) is 6.07 Å². The first-order chi connectivity index (χ1) is 10.1. The van der Waals surface area contributed by atoms with Crippen molar-refractivity contribution in [3.05, 3.63) is 23.8 Å². The van der Waals surface area contributed by atoms with Crippen LogP contribution in [0.5, 0.6) is 0 Å². The van der Waals surface area contributed by atoms with Crippen molar-refractivity contribution in [3.63, 3.8) is 0 Å². The monoisotopic (exact) mass is 295 g/mol. The number of aromatic nitrogens is 1. The molecule has 0 saturated carbocycles. The molecule has 1 aromatic heterocycles. The van der Waals surface area contributed by atoms with Gasteiger partial charge in [-0.15, -0.1) is 0 Å². The van der Waals surface area contributed by atoms with E-state index in [2.05, 4.69) is 10.3 Å². The minimum absolute atomic E-state index is 0.0784. The molecule has 0 unspecified atom stereocenters. The summed E-state index contributed by atoms with van der Waals surface area (Å²) in [6.45, 7) is 2.52. The number of ether oxygens (including phenoxy) is 2. The Bertz CT molecular complexity index is 536. The average Bonchev–Trinajstić information content (AvgIpc) is 2.96. The van der Waals surface area contributed by atoms with Crippen LogP contribution in [0.15, 0.2) is 12.1 Å². The van der Waals surface area contributed by atoms with Gasteiger partial charge in [-0.2, -0.15) is 4.39 Å². The number of amides is 1. The minimum Gasteiger partial charge on any atom is -0.367 e. The van der Waals surface area contributed by atoms with Crippen molar-refractivity contribution in [3.8, 4) is 0 Å². The molecule has 1 aromatic rings. The number of carbonyl (C=O) groups excluding carboxylic acids is 1. The maximum absolute atomic E-state index is 14.1. The van der Waals surface area contributed by atoms with Crippen molar-refractivity contribution >= 4 is 11.6 Å². The highest BCUT2D eigenvalue weighted by molar-refractivity contribution is 5.92. The number of piperidine rings is 1. The Morgan fingerprint density at radius 1 is 1.33 bits per heavy atom. The number of halogens is 1. The summed E-state index contributed by atoms with van der Waals surface area (Å²) in [6, 6.07) is 3.13. The first-order valence-corrected chi connectivity index (χ1v) is 7.05. The molecule has 2 saturated heterocycles. The Kier molecular flexibility index (Phi) is 3.77. The molecule has 1 amide bonds. The van der Waals surface area contributed by atoms with Crippen LogP contribution in [-0.2, 0) is 9.47 Å². The normalized spacial score (nSPS) is 20.8. The highest BCUT2D eigenvalue weighted by atomic mass is 19.1. The molecule has 7 heteroatoms. The molecule has 3 heterocycles. The Morgan fingerprint density at radius 3 is 2.57 bits per heavy atom. The number of anilines is 1. The van der Waals surface area contributed by atoms with Gasteiger partial charge >= 0.3 is 0 Å². The Morgan fingerprint density at radius 2 is 2.00 bits per heavy atom. The lowest BCUT2D eigenvalue weighted by molar-refractivity contribution is -0.169. The summed E-state index contributed by atoms with van der Waals surface area (Å²) in [5, 5.41) is 2.43. The van der Waals surface area contributed by atoms with Crippen molar-refractivity contribution in [2.24, 2.45) is 0 Å². The lowest BCUT2D eigenvalue weighted by atomic mass is 10.0. The van der Waals surface area contributed by atoms with Gasteiger partial charge in [0.15, 0.2) is 5.79 Å². The number of carbonyl (C=O) groups is 1. The van der Waals surface area contributed by atoms with E-state index < -0.39 is 17.6 Å². The van der Waals surface area contributed by atoms with Gasteiger partial charge in [0, 0.05) is 33.0 Å². The zero-order valence-electron chi connectivity index (χ0n) is 11.9. The fraction of sp³-hybridized carbons (Fsp3) is 0.571. The van der Waals surface area contributed by atoms with Crippen LogP contribution < -0.4 is 10.2 Å². The van der Waals surface area contributed by atoms with Gasteiger partial charge in [-0.3, -0.25) is 4.79 Å². The number of nitrogens with one attached hydrogen (secondary N) is 1. The van der Waals surface area contributed by atoms with Gasteiger partial charge in [0.2, 0.25) is 5.95 Å². The molecule has 0 radical (unpaired) electrons. The molecule has 0 bridgehead atoms. The quantitative estimate of drug-likeness (QED) is 0.822. The highest BCUT2D eigenvalue weighted by Gasteiger charge is 2.40. The molecule has 1 spiro atoms. The molecular weight excluding hydrogens is 277 g/mol. The maximum atomic E-state index is 14.1. The number of nitrogens with zero attached hydrogens (tertiary/aromatic N) is 2. The maximum Gasteiger partial charge on any atom is 0.269 e. The van der Waals surface area contributed by atoms with Crippen molar-refractivity contribution in [1.29, 1.82) is 0 Å². The van der Waals surface area contributed by atoms with Crippen LogP contribution in [0.25, 0.3) is 0 Å². The van der Waals surface area contributed by atoms with Crippen LogP contribution in [0, 0.1) is 5.95 Å². The standard InChI is InChI=1S/C14H18FN3O3/c1-16-13(19)10-2-3-11(12(15)17-10)18-6-4-14(5-7-18)20-8-9-21-14/h2-3H,4-9H2,1H3,(H,16,19). The van der Waals surface area contributed by atoms with Crippen LogP contribution >= 0.6 is 0 Å². The van der Waals surface area contributed by atoms with E-state index in [9.17, 15) is 9.18 Å². The molecule has 114 valence electrons. The van der Waals surface area contributed by atoms with E-state index in [0.717, 1.165) is 0 Å². The molecule has 0 atom stereocenters. The van der Waals surface area contributed by atoms with Gasteiger partial charge in [0.05, 0.1) is 18.9 Å². The number of hydrogen-bond donors (Lipinski definition) is 1. The van der Waals surface area contributed by atoms with E-state index in [1.165, 1.54) is 13.1 Å². The Labute approximate surface area is 122 Å². The largest absolute Gasteiger partial charge is 0.367 e. The second-order valence-electron chi connectivity index (χ2n) is 5.18. The highest BCUT2D eigenvalue weighted by Crippen LogP contribution is 2.33. The van der Waals surface area contributed by atoms with E-state index >= 15 is 0 Å². The van der Waals surface area contributed by atoms with Crippen LogP contribution in [0.4, 0.5) is 10.1 Å². The second kappa shape index (κ2) is 5.57. The lowest BCUT2D eigenvalue weighted by Crippen LogP contribution is -2.45. The SMILES string of the molecule is CNC(=O)c1ccc(N2CCC3(CC2)OCCO3)c(F)n1. The third-order valence-corrected chi connectivity index (χ3v) is 3.97. The summed E-state index contributed by atoms with van der Waals surface area (Å²) in [5.74, 6) is -1.51. The summed E-state index contributed by atoms with van der Waals surface area (Å²) in [4.78, 5) is 17.1. The minimum atomic E-state index is -0.625. The molecule has 21 heavy (non-hydrogen) atoms. The summed E-state index contributed by atoms with van der Waals surface area (Å²) in [5.41, 5.74) is 0.491. The van der Waals surface area contributed by atoms with Gasteiger partial charge < -0.3 is 19.7 Å². The first-order valence-electron chi connectivity index (χ1n) is 7.05. The first kappa shape index (κ1) is 14.2. The summed E-state index contributed by atoms with van der Waals surface area (Å²) in [6.07, 6.45) is 1.40. The van der Waals surface area contributed by atoms with Gasteiger partial charge in [0.25, 0.3) is 5.91 Å². The lowest BCUT2D eigenvalue weighted by Gasteiger charge is -2.38. The van der Waals surface area contributed by atoms with Crippen LogP contribution in [-0.4, -0.2) is 50.0 Å². The number of pyridine rings is 1. The van der Waals surface area contributed by atoms with Gasteiger partial charge in [-0.1, -0.05) is 0 Å². The summed E-state index contributed by atoms with van der Waals surface area (Å²) < 4.78 is 25.4. The van der Waals surface area contributed by atoms with Gasteiger partial charge in [0.1, 0.15) is 5.69 Å². The van der Waals surface area contributed by atoms with Crippen molar-refractivity contribution in [2.45, 2.75) is 18.6 Å². The molecule has 1 N–H and O–H groups in total. The van der Waals surface area contributed by atoms with E-state index in [4.69, 9.17) is 9.47 Å². The number of rotatable bonds is 2. The molecule has 2 aliphatic heterocycles. The third kappa shape index (κ3) is 2.71. The molecule has 0 aromatic carbocycles. The average molecular weight is 295 g/mol. The smallest absolute Gasteiger partial charge is 0.269 e. The second-order valence-corrected chi connectivity index (χ2v) is 5.18. The van der Waals surface area contributed by atoms with Crippen LogP contribution in [0.2, 0.25) is 0 Å². The fourth-order valence-corrected chi connectivity index (χ4v) is 2.79. The molecule has 3 rings (SSSR count). The van der Waals surface area contributed by atoms with Crippen molar-refractivity contribution in [1.82, 2.24) is 10.3 Å². The molecule has 0 aliphatic carbocycles. The summed E-state index contributed by atoms with van der Waals surface area (Å²) >= 11 is 0.